The molecule has 1 atom stereocenters. The molecular formula is C17H21F2N3OS. The minimum atomic E-state index is -0.803. The first-order valence-electron chi connectivity index (χ1n) is 7.81. The van der Waals surface area contributed by atoms with Crippen LogP contribution in [0.2, 0.25) is 0 Å². The summed E-state index contributed by atoms with van der Waals surface area (Å²) in [6.07, 6.45) is 0. The van der Waals surface area contributed by atoms with Crippen LogP contribution in [0.4, 0.5) is 19.3 Å². The molecule has 1 aromatic heterocycles. The van der Waals surface area contributed by atoms with E-state index in [1.54, 1.807) is 11.3 Å². The van der Waals surface area contributed by atoms with Crippen LogP contribution in [0.3, 0.4) is 0 Å². The second kappa shape index (κ2) is 8.75. The monoisotopic (exact) mass is 353 g/mol. The molecule has 7 heteroatoms. The first kappa shape index (κ1) is 18.4. The molecule has 0 aliphatic rings. The lowest BCUT2D eigenvalue weighted by Crippen LogP contribution is -2.39. The van der Waals surface area contributed by atoms with E-state index < -0.39 is 17.7 Å². The number of hydrogen-bond acceptors (Lipinski definition) is 3. The molecule has 1 heterocycles. The summed E-state index contributed by atoms with van der Waals surface area (Å²) in [5.41, 5.74) is 1.08. The van der Waals surface area contributed by atoms with Crippen molar-refractivity contribution in [2.75, 3.05) is 25.0 Å². The molecular weight excluding hydrogens is 332 g/mol. The number of carbonyl (C=O) groups excluding carboxylic acids is 1. The quantitative estimate of drug-likeness (QED) is 0.782. The molecule has 2 aromatic rings. The van der Waals surface area contributed by atoms with Crippen molar-refractivity contribution in [3.8, 4) is 0 Å². The highest BCUT2D eigenvalue weighted by atomic mass is 32.1. The first-order chi connectivity index (χ1) is 11.5. The summed E-state index contributed by atoms with van der Waals surface area (Å²) in [7, 11) is 0. The van der Waals surface area contributed by atoms with Gasteiger partial charge in [0.05, 0.1) is 11.7 Å². The molecule has 130 valence electrons. The van der Waals surface area contributed by atoms with E-state index in [2.05, 4.69) is 34.8 Å². The number of thiophene rings is 1. The van der Waals surface area contributed by atoms with Gasteiger partial charge in [-0.05, 0) is 47.6 Å². The Kier molecular flexibility index (Phi) is 6.69. The van der Waals surface area contributed by atoms with Crippen LogP contribution in [-0.2, 0) is 0 Å². The summed E-state index contributed by atoms with van der Waals surface area (Å²) >= 11 is 1.61. The van der Waals surface area contributed by atoms with E-state index in [9.17, 15) is 13.6 Å². The molecule has 0 spiro atoms. The lowest BCUT2D eigenvalue weighted by atomic mass is 10.1. The fourth-order valence-electron chi connectivity index (χ4n) is 2.53. The molecule has 4 nitrogen and oxygen atoms in total. The van der Waals surface area contributed by atoms with Crippen LogP contribution in [0.1, 0.15) is 25.5 Å². The minimum absolute atomic E-state index is 0.0510. The SMILES string of the molecule is CCN(CC)C(CNC(=O)Nc1ccc(F)cc1F)c1ccsc1. The van der Waals surface area contributed by atoms with Gasteiger partial charge in [-0.2, -0.15) is 11.3 Å². The van der Waals surface area contributed by atoms with Crippen LogP contribution in [0.5, 0.6) is 0 Å². The first-order valence-corrected chi connectivity index (χ1v) is 8.75. The zero-order valence-electron chi connectivity index (χ0n) is 13.7. The molecule has 1 aromatic carbocycles. The van der Waals surface area contributed by atoms with Gasteiger partial charge in [0.15, 0.2) is 0 Å². The summed E-state index contributed by atoms with van der Waals surface area (Å²) in [4.78, 5) is 14.3. The van der Waals surface area contributed by atoms with Crippen molar-refractivity contribution in [1.82, 2.24) is 10.2 Å². The summed E-state index contributed by atoms with van der Waals surface area (Å²) in [6.45, 7) is 6.24. The van der Waals surface area contributed by atoms with Gasteiger partial charge < -0.3 is 10.6 Å². The Labute approximate surface area is 144 Å². The molecule has 24 heavy (non-hydrogen) atoms. The van der Waals surface area contributed by atoms with E-state index in [1.807, 2.05) is 11.4 Å². The molecule has 0 aliphatic carbocycles. The van der Waals surface area contributed by atoms with Crippen LogP contribution in [0.15, 0.2) is 35.0 Å². The van der Waals surface area contributed by atoms with E-state index in [0.717, 1.165) is 30.8 Å². The van der Waals surface area contributed by atoms with Crippen LogP contribution in [-0.4, -0.2) is 30.6 Å². The average Bonchev–Trinajstić information content (AvgIpc) is 3.08. The van der Waals surface area contributed by atoms with Gasteiger partial charge in [0, 0.05) is 12.6 Å². The fraction of sp³-hybridized carbons (Fsp3) is 0.353. The predicted molar refractivity (Wildman–Crippen MR) is 93.4 cm³/mol. The Balaban J connectivity index is 1.99. The number of hydrogen-bond donors (Lipinski definition) is 2. The van der Waals surface area contributed by atoms with Crippen LogP contribution in [0.25, 0.3) is 0 Å². The third kappa shape index (κ3) is 4.75. The van der Waals surface area contributed by atoms with E-state index in [0.29, 0.717) is 6.54 Å². The summed E-state index contributed by atoms with van der Waals surface area (Å²) in [6, 6.07) is 4.60. The number of nitrogens with one attached hydrogen (secondary N) is 2. The van der Waals surface area contributed by atoms with Crippen molar-refractivity contribution in [1.29, 1.82) is 0 Å². The smallest absolute Gasteiger partial charge is 0.319 e. The van der Waals surface area contributed by atoms with E-state index in [4.69, 9.17) is 0 Å². The highest BCUT2D eigenvalue weighted by molar-refractivity contribution is 7.07. The van der Waals surface area contributed by atoms with Gasteiger partial charge in [-0.25, -0.2) is 13.6 Å². The Morgan fingerprint density at radius 2 is 2.00 bits per heavy atom. The molecule has 2 N–H and O–H groups in total. The van der Waals surface area contributed by atoms with Gasteiger partial charge in [0.2, 0.25) is 0 Å². The summed E-state index contributed by atoms with van der Waals surface area (Å²) in [5, 5.41) is 9.23. The second-order valence-corrected chi connectivity index (χ2v) is 6.03. The Morgan fingerprint density at radius 3 is 2.58 bits per heavy atom. The number of benzene rings is 1. The Bertz CT molecular complexity index is 660. The van der Waals surface area contributed by atoms with Gasteiger partial charge in [0.25, 0.3) is 0 Å². The predicted octanol–water partition coefficient (Wildman–Crippen LogP) is 4.23. The second-order valence-electron chi connectivity index (χ2n) is 5.25. The van der Waals surface area contributed by atoms with Crippen LogP contribution >= 0.6 is 11.3 Å². The standard InChI is InChI=1S/C17H21F2N3OS/c1-3-22(4-2)16(12-7-8-24-11-12)10-20-17(23)21-15-6-5-13(18)9-14(15)19/h5-9,11,16H,3-4,10H2,1-2H3,(H2,20,21,23). The van der Waals surface area contributed by atoms with Gasteiger partial charge in [-0.1, -0.05) is 13.8 Å². The molecule has 0 saturated heterocycles. The normalized spacial score (nSPS) is 12.2. The molecule has 0 bridgehead atoms. The summed E-state index contributed by atoms with van der Waals surface area (Å²) < 4.78 is 26.5. The van der Waals surface area contributed by atoms with E-state index in [-0.39, 0.29) is 11.7 Å². The maximum atomic E-state index is 13.6. The molecule has 2 amide bonds. The highest BCUT2D eigenvalue weighted by Gasteiger charge is 2.19. The van der Waals surface area contributed by atoms with Crippen LogP contribution < -0.4 is 10.6 Å². The Morgan fingerprint density at radius 1 is 1.25 bits per heavy atom. The lowest BCUT2D eigenvalue weighted by Gasteiger charge is -2.29. The lowest BCUT2D eigenvalue weighted by molar-refractivity contribution is 0.210. The van der Waals surface area contributed by atoms with Crippen molar-refractivity contribution in [2.24, 2.45) is 0 Å². The molecule has 0 saturated carbocycles. The number of likely N-dealkylation sites (N-methyl/N-ethyl adjacent to an activating group) is 1. The molecule has 1 unspecified atom stereocenters. The zero-order chi connectivity index (χ0) is 17.5. The minimum Gasteiger partial charge on any atom is -0.336 e. The highest BCUT2D eigenvalue weighted by Crippen LogP contribution is 2.22. The zero-order valence-corrected chi connectivity index (χ0v) is 14.5. The fourth-order valence-corrected chi connectivity index (χ4v) is 3.24. The number of amides is 2. The molecule has 0 radical (unpaired) electrons. The molecule has 2 rings (SSSR count). The Hall–Kier alpha value is -1.99. The number of nitrogens with zero attached hydrogens (tertiary/aromatic N) is 1. The van der Waals surface area contributed by atoms with Gasteiger partial charge in [-0.3, -0.25) is 4.90 Å². The third-order valence-corrected chi connectivity index (χ3v) is 4.52. The number of urea groups is 1. The van der Waals surface area contributed by atoms with E-state index in [1.165, 1.54) is 6.07 Å². The van der Waals surface area contributed by atoms with E-state index >= 15 is 0 Å². The number of anilines is 1. The van der Waals surface area contributed by atoms with Gasteiger partial charge in [0.1, 0.15) is 11.6 Å². The third-order valence-electron chi connectivity index (χ3n) is 3.82. The van der Waals surface area contributed by atoms with Gasteiger partial charge >= 0.3 is 6.03 Å². The van der Waals surface area contributed by atoms with Crippen molar-refractivity contribution in [3.63, 3.8) is 0 Å². The van der Waals surface area contributed by atoms with Crippen molar-refractivity contribution in [2.45, 2.75) is 19.9 Å². The average molecular weight is 353 g/mol. The molecule has 0 fully saturated rings. The number of halogens is 2. The largest absolute Gasteiger partial charge is 0.336 e. The van der Waals surface area contributed by atoms with Crippen LogP contribution in [0, 0.1) is 11.6 Å². The topological polar surface area (TPSA) is 44.4 Å². The molecule has 0 aliphatic heterocycles. The van der Waals surface area contributed by atoms with Crippen molar-refractivity contribution >= 4 is 23.1 Å². The maximum Gasteiger partial charge on any atom is 0.319 e. The maximum absolute atomic E-state index is 13.6. The number of carbonyl (C=O) groups is 1. The number of rotatable bonds is 7. The van der Waals surface area contributed by atoms with Crippen molar-refractivity contribution < 1.29 is 13.6 Å². The summed E-state index contributed by atoms with van der Waals surface area (Å²) in [5.74, 6) is -1.49. The van der Waals surface area contributed by atoms with Gasteiger partial charge in [-0.15, -0.1) is 0 Å². The van der Waals surface area contributed by atoms with Crippen molar-refractivity contribution in [3.05, 3.63) is 52.2 Å².